The van der Waals surface area contributed by atoms with Gasteiger partial charge < -0.3 is 4.74 Å². The third-order valence-corrected chi connectivity index (χ3v) is 2.05. The minimum atomic E-state index is -4.55. The largest absolute Gasteiger partial charge is 0.462 e. The number of carbonyl (C=O) groups is 1. The first-order valence-corrected chi connectivity index (χ1v) is 4.71. The standard InChI is InChI=1S/C11H11F3O2/c1-3-16-10(15)8-6-4-5-7(2)9(8)11(12,13)14/h4-6H,3H2,1-2H3. The average Bonchev–Trinajstić information content (AvgIpc) is 2.15. The third-order valence-electron chi connectivity index (χ3n) is 2.05. The molecule has 0 aromatic heterocycles. The Labute approximate surface area is 91.0 Å². The molecule has 2 nitrogen and oxygen atoms in total. The first kappa shape index (κ1) is 12.5. The van der Waals surface area contributed by atoms with Gasteiger partial charge in [0.2, 0.25) is 0 Å². The highest BCUT2D eigenvalue weighted by atomic mass is 19.4. The number of esters is 1. The Morgan fingerprint density at radius 2 is 2.00 bits per heavy atom. The quantitative estimate of drug-likeness (QED) is 0.732. The number of aryl methyl sites for hydroxylation is 1. The molecule has 1 aromatic carbocycles. The normalized spacial score (nSPS) is 11.3. The van der Waals surface area contributed by atoms with E-state index in [1.54, 1.807) is 6.92 Å². The van der Waals surface area contributed by atoms with E-state index in [2.05, 4.69) is 4.74 Å². The molecular formula is C11H11F3O2. The van der Waals surface area contributed by atoms with Crippen LogP contribution in [0.5, 0.6) is 0 Å². The number of halogens is 3. The summed E-state index contributed by atoms with van der Waals surface area (Å²) in [7, 11) is 0. The monoisotopic (exact) mass is 232 g/mol. The topological polar surface area (TPSA) is 26.3 Å². The van der Waals surface area contributed by atoms with Crippen molar-refractivity contribution in [1.29, 1.82) is 0 Å². The molecule has 0 N–H and O–H groups in total. The van der Waals surface area contributed by atoms with Gasteiger partial charge in [0, 0.05) is 0 Å². The van der Waals surface area contributed by atoms with Crippen molar-refractivity contribution in [3.05, 3.63) is 34.9 Å². The minimum absolute atomic E-state index is 0.0121. The van der Waals surface area contributed by atoms with Crippen molar-refractivity contribution in [1.82, 2.24) is 0 Å². The summed E-state index contributed by atoms with van der Waals surface area (Å²) in [6, 6.07) is 3.83. The lowest BCUT2D eigenvalue weighted by Gasteiger charge is -2.14. The van der Waals surface area contributed by atoms with Crippen molar-refractivity contribution >= 4 is 5.97 Å². The van der Waals surface area contributed by atoms with E-state index in [-0.39, 0.29) is 12.2 Å². The van der Waals surface area contributed by atoms with Gasteiger partial charge in [-0.3, -0.25) is 0 Å². The minimum Gasteiger partial charge on any atom is -0.462 e. The SMILES string of the molecule is CCOC(=O)c1cccc(C)c1C(F)(F)F. The zero-order valence-corrected chi connectivity index (χ0v) is 8.89. The summed E-state index contributed by atoms with van der Waals surface area (Å²) in [4.78, 5) is 11.3. The highest BCUT2D eigenvalue weighted by molar-refractivity contribution is 5.91. The summed E-state index contributed by atoms with van der Waals surface area (Å²) >= 11 is 0. The predicted molar refractivity (Wildman–Crippen MR) is 52.1 cm³/mol. The molecule has 0 saturated carbocycles. The van der Waals surface area contributed by atoms with E-state index in [1.165, 1.54) is 19.1 Å². The van der Waals surface area contributed by atoms with Crippen LogP contribution in [0.1, 0.15) is 28.4 Å². The maximum Gasteiger partial charge on any atom is 0.417 e. The molecule has 0 unspecified atom stereocenters. The second-order valence-corrected chi connectivity index (χ2v) is 3.22. The Balaban J connectivity index is 3.29. The molecule has 5 heteroatoms. The number of hydrogen-bond acceptors (Lipinski definition) is 2. The Hall–Kier alpha value is -1.52. The lowest BCUT2D eigenvalue weighted by molar-refractivity contribution is -0.138. The number of hydrogen-bond donors (Lipinski definition) is 0. The number of carbonyl (C=O) groups excluding carboxylic acids is 1. The first-order chi connectivity index (χ1) is 7.38. The molecule has 88 valence electrons. The smallest absolute Gasteiger partial charge is 0.417 e. The first-order valence-electron chi connectivity index (χ1n) is 4.71. The zero-order chi connectivity index (χ0) is 12.3. The Kier molecular flexibility index (Phi) is 3.57. The number of benzene rings is 1. The van der Waals surface area contributed by atoms with E-state index in [0.717, 1.165) is 6.07 Å². The molecule has 0 heterocycles. The van der Waals surface area contributed by atoms with Gasteiger partial charge in [-0.05, 0) is 25.5 Å². The van der Waals surface area contributed by atoms with Crippen molar-refractivity contribution in [3.63, 3.8) is 0 Å². The molecule has 0 saturated heterocycles. The van der Waals surface area contributed by atoms with Crippen molar-refractivity contribution in [2.75, 3.05) is 6.61 Å². The van der Waals surface area contributed by atoms with E-state index in [1.807, 2.05) is 0 Å². The van der Waals surface area contributed by atoms with Crippen LogP contribution in [-0.4, -0.2) is 12.6 Å². The Bertz CT molecular complexity index is 397. The van der Waals surface area contributed by atoms with E-state index in [9.17, 15) is 18.0 Å². The predicted octanol–water partition coefficient (Wildman–Crippen LogP) is 3.19. The molecule has 1 rings (SSSR count). The van der Waals surface area contributed by atoms with Gasteiger partial charge >= 0.3 is 12.1 Å². The summed E-state index contributed by atoms with van der Waals surface area (Å²) in [6.45, 7) is 2.90. The molecule has 0 bridgehead atoms. The third kappa shape index (κ3) is 2.53. The number of rotatable bonds is 2. The van der Waals surface area contributed by atoms with Crippen molar-refractivity contribution in [3.8, 4) is 0 Å². The summed E-state index contributed by atoms with van der Waals surface area (Å²) in [5.41, 5.74) is -1.35. The summed E-state index contributed by atoms with van der Waals surface area (Å²) in [5.74, 6) is -0.946. The lowest BCUT2D eigenvalue weighted by Crippen LogP contribution is -2.16. The van der Waals surface area contributed by atoms with Crippen LogP contribution < -0.4 is 0 Å². The molecular weight excluding hydrogens is 221 g/mol. The Morgan fingerprint density at radius 1 is 1.38 bits per heavy atom. The van der Waals surface area contributed by atoms with Crippen molar-refractivity contribution < 1.29 is 22.7 Å². The van der Waals surface area contributed by atoms with Crippen LogP contribution in [0.15, 0.2) is 18.2 Å². The van der Waals surface area contributed by atoms with Gasteiger partial charge in [-0.15, -0.1) is 0 Å². The average molecular weight is 232 g/mol. The van der Waals surface area contributed by atoms with Gasteiger partial charge in [0.25, 0.3) is 0 Å². The Morgan fingerprint density at radius 3 is 2.50 bits per heavy atom. The summed E-state index contributed by atoms with van der Waals surface area (Å²) in [6.07, 6.45) is -4.55. The van der Waals surface area contributed by atoms with Crippen molar-refractivity contribution in [2.45, 2.75) is 20.0 Å². The molecule has 0 atom stereocenters. The lowest BCUT2D eigenvalue weighted by atomic mass is 10.0. The second kappa shape index (κ2) is 4.55. The van der Waals surface area contributed by atoms with Crippen LogP contribution in [0.2, 0.25) is 0 Å². The van der Waals surface area contributed by atoms with Crippen LogP contribution in [-0.2, 0) is 10.9 Å². The van der Waals surface area contributed by atoms with Crippen LogP contribution in [0.25, 0.3) is 0 Å². The van der Waals surface area contributed by atoms with Crippen LogP contribution >= 0.6 is 0 Å². The fourth-order valence-corrected chi connectivity index (χ4v) is 1.42. The fourth-order valence-electron chi connectivity index (χ4n) is 1.42. The maximum absolute atomic E-state index is 12.7. The molecule has 0 spiro atoms. The number of alkyl halides is 3. The van der Waals surface area contributed by atoms with E-state index in [4.69, 9.17) is 0 Å². The molecule has 0 aliphatic rings. The van der Waals surface area contributed by atoms with Crippen LogP contribution in [0.4, 0.5) is 13.2 Å². The molecule has 1 aromatic rings. The fraction of sp³-hybridized carbons (Fsp3) is 0.364. The van der Waals surface area contributed by atoms with E-state index in [0.29, 0.717) is 0 Å². The van der Waals surface area contributed by atoms with Gasteiger partial charge in [0.15, 0.2) is 0 Å². The molecule has 0 aliphatic carbocycles. The summed E-state index contributed by atoms with van der Waals surface area (Å²) < 4.78 is 42.7. The van der Waals surface area contributed by atoms with Gasteiger partial charge in [-0.1, -0.05) is 12.1 Å². The molecule has 0 aliphatic heterocycles. The molecule has 0 fully saturated rings. The van der Waals surface area contributed by atoms with Gasteiger partial charge in [-0.25, -0.2) is 4.79 Å². The molecule has 16 heavy (non-hydrogen) atoms. The highest BCUT2D eigenvalue weighted by Crippen LogP contribution is 2.34. The number of ether oxygens (including phenoxy) is 1. The second-order valence-electron chi connectivity index (χ2n) is 3.22. The van der Waals surface area contributed by atoms with Crippen LogP contribution in [0, 0.1) is 6.92 Å². The van der Waals surface area contributed by atoms with Gasteiger partial charge in [0.05, 0.1) is 17.7 Å². The van der Waals surface area contributed by atoms with E-state index < -0.39 is 23.3 Å². The molecule has 0 amide bonds. The van der Waals surface area contributed by atoms with Crippen LogP contribution in [0.3, 0.4) is 0 Å². The zero-order valence-electron chi connectivity index (χ0n) is 8.89. The van der Waals surface area contributed by atoms with E-state index >= 15 is 0 Å². The molecule has 0 radical (unpaired) electrons. The highest BCUT2D eigenvalue weighted by Gasteiger charge is 2.37. The van der Waals surface area contributed by atoms with Crippen molar-refractivity contribution in [2.24, 2.45) is 0 Å². The van der Waals surface area contributed by atoms with Gasteiger partial charge in [0.1, 0.15) is 0 Å². The van der Waals surface area contributed by atoms with Gasteiger partial charge in [-0.2, -0.15) is 13.2 Å². The summed E-state index contributed by atoms with van der Waals surface area (Å²) in [5, 5.41) is 0. The maximum atomic E-state index is 12.7.